The van der Waals surface area contributed by atoms with Gasteiger partial charge in [0.2, 0.25) is 0 Å². The van der Waals surface area contributed by atoms with Crippen molar-refractivity contribution in [1.82, 2.24) is 0 Å². The molecule has 0 amide bonds. The summed E-state index contributed by atoms with van der Waals surface area (Å²) in [5.74, 6) is 6.60. The first-order chi connectivity index (χ1) is 68.8. The molecule has 0 radical (unpaired) electrons. The largest absolute Gasteiger partial charge is 0.508 e. The Labute approximate surface area is 862 Å². The molecule has 0 heterocycles. The van der Waals surface area contributed by atoms with Gasteiger partial charge in [-0.2, -0.15) is 0 Å². The average molecular weight is 1930 g/mol. The van der Waals surface area contributed by atoms with Crippen molar-refractivity contribution < 1.29 is 43.9 Å². The lowest BCUT2D eigenvalue weighted by Gasteiger charge is -2.39. The lowest BCUT2D eigenvalue weighted by atomic mass is 9.78. The van der Waals surface area contributed by atoms with E-state index >= 15 is 0 Å². The van der Waals surface area contributed by atoms with Crippen molar-refractivity contribution in [2.45, 2.75) is 332 Å². The maximum Gasteiger partial charge on any atom is 0.312 e. The summed E-state index contributed by atoms with van der Waals surface area (Å²) in [4.78, 5) is 37.9. The van der Waals surface area contributed by atoms with Crippen molar-refractivity contribution in [1.29, 1.82) is 0 Å². The van der Waals surface area contributed by atoms with Crippen LogP contribution in [0.1, 0.15) is 382 Å². The van der Waals surface area contributed by atoms with Gasteiger partial charge in [0.25, 0.3) is 0 Å². The number of carbonyl (C=O) groups is 3. The van der Waals surface area contributed by atoms with Gasteiger partial charge >= 0.3 is 17.9 Å². The third-order valence-electron chi connectivity index (χ3n) is 33.2. The molecular formula is C135H164O9. The van der Waals surface area contributed by atoms with Gasteiger partial charge in [0.15, 0.2) is 0 Å². The molecule has 15 aromatic carbocycles. The number of carbonyl (C=O) groups excluding carboxylic acids is 3. The Hall–Kier alpha value is -12.3. The highest BCUT2D eigenvalue weighted by atomic mass is 16.6. The minimum absolute atomic E-state index is 0.0694. The Balaban J connectivity index is 0.000000147. The standard InChI is InChI=1S/C22H28O2.C21H26O2.C20H26O2.3C14H14.3C10H14O/c1-4-21(2,3)20(23)24-22(14-8-5-9-15-22)19-13-12-17-10-6-7-11-18(17)16-19;1-4-20(2,3)19(22)23-21(13-7-8-14-21)18-12-11-16-9-5-6-10-17(16)15-18;1-6-19(3,4)18(21)22-20(5,7-2)17-13-12-15-10-8-9-11-16(15)14-17;3*1-9-10(2)13-8-4-6-11-5-3-7-12(9)14(11)13;3*1-3-8(2)9-4-6-10(11)7-5-9/h6-7,10-13,16H,4-5,8-9,14-15H2,1-3H3;5-6,9-12,15H,4,7-8,13-14H2,1-3H3;8-14H,6-7H2,1-5H3;3*3-10H,1-2H3;3*4-8,11H,3H2,1-2H3. The Morgan fingerprint density at radius 2 is 0.528 bits per heavy atom. The Bertz CT molecular complexity index is 6270. The van der Waals surface area contributed by atoms with Crippen LogP contribution in [-0.4, -0.2) is 33.2 Å². The summed E-state index contributed by atoms with van der Waals surface area (Å²) >= 11 is 0. The molecule has 144 heavy (non-hydrogen) atoms. The Kier molecular flexibility index (Phi) is 38.0. The number of benzene rings is 15. The SMILES string of the molecule is CC1c2cccc3cccc(c23)C1C.CC1c2cccc3cccc(c23)C1C.CC1c2cccc3cccc(c23)C1C.CCC(C)(C)C(=O)OC(C)(CC)c1ccc2ccccc2c1.CCC(C)(C)C(=O)OC1(c2ccc3ccccc3c2)CCCC1.CCC(C)(C)C(=O)OC1(c2ccc3ccccc3c2)CCCCC1.CCC(C)c1ccc(O)cc1.CCC(C)c1ccc(O)cc1.CCC(C)c1ccc(O)cc1. The molecule has 0 saturated heterocycles. The van der Waals surface area contributed by atoms with E-state index in [4.69, 9.17) is 29.5 Å². The zero-order valence-corrected chi connectivity index (χ0v) is 90.7. The predicted octanol–water partition coefficient (Wildman–Crippen LogP) is 37.9. The predicted molar refractivity (Wildman–Crippen MR) is 608 cm³/mol. The van der Waals surface area contributed by atoms with Crippen LogP contribution in [0.5, 0.6) is 17.2 Å². The highest BCUT2D eigenvalue weighted by Gasteiger charge is 2.45. The van der Waals surface area contributed by atoms with Crippen LogP contribution in [0.3, 0.4) is 0 Å². The number of esters is 3. The van der Waals surface area contributed by atoms with E-state index in [1.165, 1.54) is 121 Å². The summed E-state index contributed by atoms with van der Waals surface area (Å²) in [6, 6.07) is 107. The second-order valence-electron chi connectivity index (χ2n) is 43.7. The quantitative estimate of drug-likeness (QED) is 0.0533. The summed E-state index contributed by atoms with van der Waals surface area (Å²) in [6.45, 7) is 49.0. The van der Waals surface area contributed by atoms with Gasteiger partial charge in [0.05, 0.1) is 16.2 Å². The first kappa shape index (κ1) is 110. The normalized spacial score (nSPS) is 18.0. The van der Waals surface area contributed by atoms with Gasteiger partial charge in [-0.1, -0.05) is 372 Å². The molecule has 0 aromatic heterocycles. The Morgan fingerprint density at radius 1 is 0.285 bits per heavy atom. The van der Waals surface area contributed by atoms with Gasteiger partial charge in [-0.3, -0.25) is 14.4 Å². The van der Waals surface area contributed by atoms with Crippen molar-refractivity contribution in [3.05, 3.63) is 376 Å². The van der Waals surface area contributed by atoms with E-state index in [-0.39, 0.29) is 17.9 Å². The smallest absolute Gasteiger partial charge is 0.312 e. The second-order valence-corrected chi connectivity index (χ2v) is 43.7. The van der Waals surface area contributed by atoms with Crippen LogP contribution in [0.2, 0.25) is 0 Å². The summed E-state index contributed by atoms with van der Waals surface area (Å²) in [6.07, 6.45) is 15.9. The maximum atomic E-state index is 12.8. The summed E-state index contributed by atoms with van der Waals surface area (Å²) in [5, 5.41) is 43.0. The van der Waals surface area contributed by atoms with Crippen molar-refractivity contribution in [2.24, 2.45) is 16.2 Å². The van der Waals surface area contributed by atoms with Crippen LogP contribution in [0.15, 0.2) is 309 Å². The van der Waals surface area contributed by atoms with Crippen molar-refractivity contribution in [2.75, 3.05) is 0 Å². The van der Waals surface area contributed by atoms with Gasteiger partial charge in [-0.25, -0.2) is 0 Å². The minimum atomic E-state index is -0.590. The molecular weight excluding hydrogens is 1770 g/mol. The average Bonchev–Trinajstić information content (AvgIpc) is 1.64. The lowest BCUT2D eigenvalue weighted by molar-refractivity contribution is -0.176. The molecule has 10 unspecified atom stereocenters. The lowest BCUT2D eigenvalue weighted by Crippen LogP contribution is -2.39. The van der Waals surface area contributed by atoms with Gasteiger partial charge in [-0.05, 0) is 384 Å². The highest BCUT2D eigenvalue weighted by Crippen LogP contribution is 2.51. The van der Waals surface area contributed by atoms with Crippen LogP contribution in [-0.2, 0) is 45.4 Å². The van der Waals surface area contributed by atoms with Gasteiger partial charge < -0.3 is 29.5 Å². The molecule has 2 saturated carbocycles. The number of rotatable bonds is 19. The van der Waals surface area contributed by atoms with E-state index in [1.54, 1.807) is 36.4 Å². The molecule has 3 N–H and O–H groups in total. The number of aromatic hydroxyl groups is 3. The van der Waals surface area contributed by atoms with Crippen LogP contribution < -0.4 is 0 Å². The first-order valence-electron chi connectivity index (χ1n) is 53.9. The molecule has 9 heteroatoms. The zero-order valence-electron chi connectivity index (χ0n) is 90.7. The first-order valence-corrected chi connectivity index (χ1v) is 53.9. The highest BCUT2D eigenvalue weighted by molar-refractivity contribution is 5.95. The minimum Gasteiger partial charge on any atom is -0.508 e. The number of hydrogen-bond donors (Lipinski definition) is 3. The van der Waals surface area contributed by atoms with Crippen LogP contribution in [0.4, 0.5) is 0 Å². The maximum absolute atomic E-state index is 12.8. The summed E-state index contributed by atoms with van der Waals surface area (Å²) < 4.78 is 18.3. The van der Waals surface area contributed by atoms with Crippen LogP contribution in [0, 0.1) is 16.2 Å². The number of hydrogen-bond acceptors (Lipinski definition) is 9. The monoisotopic (exact) mass is 1930 g/mol. The topological polar surface area (TPSA) is 140 Å². The molecule has 758 valence electrons. The molecule has 0 spiro atoms. The van der Waals surface area contributed by atoms with E-state index in [0.29, 0.717) is 70.5 Å². The van der Waals surface area contributed by atoms with E-state index in [0.717, 1.165) is 113 Å². The molecule has 9 nitrogen and oxygen atoms in total. The van der Waals surface area contributed by atoms with E-state index in [9.17, 15) is 14.4 Å². The molecule has 0 aliphatic heterocycles. The van der Waals surface area contributed by atoms with Crippen LogP contribution in [0.25, 0.3) is 64.6 Å². The fraction of sp³-hybridized carbons (Fsp3) is 0.400. The fourth-order valence-corrected chi connectivity index (χ4v) is 20.4. The third-order valence-corrected chi connectivity index (χ3v) is 33.2. The molecule has 20 rings (SSSR count). The van der Waals surface area contributed by atoms with E-state index < -0.39 is 33.0 Å². The molecule has 10 atom stereocenters. The Morgan fingerprint density at radius 3 is 0.792 bits per heavy atom. The molecule has 15 aromatic rings. The van der Waals surface area contributed by atoms with Gasteiger partial charge in [0.1, 0.15) is 34.1 Å². The fourth-order valence-electron chi connectivity index (χ4n) is 20.4. The van der Waals surface area contributed by atoms with E-state index in [2.05, 4.69) is 314 Å². The van der Waals surface area contributed by atoms with Gasteiger partial charge in [-0.15, -0.1) is 0 Å². The van der Waals surface area contributed by atoms with Gasteiger partial charge in [0, 0.05) is 0 Å². The number of phenolic OH excluding ortho intramolecular Hbond substituents is 3. The summed E-state index contributed by atoms with van der Waals surface area (Å²) in [5.41, 5.74) is 13.7. The van der Waals surface area contributed by atoms with E-state index in [1.807, 2.05) is 118 Å². The molecule has 2 fully saturated rings. The van der Waals surface area contributed by atoms with Crippen molar-refractivity contribution in [3.63, 3.8) is 0 Å². The third kappa shape index (κ3) is 26.3. The molecule has 5 aliphatic carbocycles. The number of ether oxygens (including phenoxy) is 3. The van der Waals surface area contributed by atoms with Crippen LogP contribution >= 0.6 is 0 Å². The number of phenols is 3. The zero-order chi connectivity index (χ0) is 104. The van der Waals surface area contributed by atoms with Crippen molar-refractivity contribution >= 4 is 82.5 Å². The molecule has 5 aliphatic rings. The second kappa shape index (κ2) is 49.5. The number of fused-ring (bicyclic) bond motifs is 3. The summed E-state index contributed by atoms with van der Waals surface area (Å²) in [7, 11) is 0. The molecule has 0 bridgehead atoms. The van der Waals surface area contributed by atoms with Crippen molar-refractivity contribution in [3.8, 4) is 17.2 Å².